The molecule has 0 unspecified atom stereocenters. The van der Waals surface area contributed by atoms with E-state index in [0.29, 0.717) is 37.1 Å². The van der Waals surface area contributed by atoms with Crippen molar-refractivity contribution in [3.8, 4) is 0 Å². The third kappa shape index (κ3) is 5.92. The van der Waals surface area contributed by atoms with Crippen LogP contribution in [0.15, 0.2) is 42.7 Å². The molecule has 0 bridgehead atoms. The summed E-state index contributed by atoms with van der Waals surface area (Å²) in [7, 11) is 3.55. The number of aromatic nitrogens is 1. The van der Waals surface area contributed by atoms with Gasteiger partial charge in [0.2, 0.25) is 0 Å². The molecular formula is C23H31FN4O2. The van der Waals surface area contributed by atoms with Crippen LogP contribution in [0.2, 0.25) is 0 Å². The summed E-state index contributed by atoms with van der Waals surface area (Å²) in [5.74, 6) is -0.323. The largest absolute Gasteiger partial charge is 0.383 e. The van der Waals surface area contributed by atoms with Crippen LogP contribution in [0.5, 0.6) is 0 Å². The molecule has 1 N–H and O–H groups in total. The van der Waals surface area contributed by atoms with E-state index in [2.05, 4.69) is 10.3 Å². The van der Waals surface area contributed by atoms with Gasteiger partial charge in [0, 0.05) is 51.4 Å². The van der Waals surface area contributed by atoms with Gasteiger partial charge in [-0.15, -0.1) is 0 Å². The summed E-state index contributed by atoms with van der Waals surface area (Å²) in [6, 6.07) is 8.72. The van der Waals surface area contributed by atoms with E-state index in [1.807, 2.05) is 24.1 Å². The van der Waals surface area contributed by atoms with E-state index in [0.717, 1.165) is 18.4 Å². The van der Waals surface area contributed by atoms with Gasteiger partial charge in [-0.3, -0.25) is 4.98 Å². The van der Waals surface area contributed by atoms with Crippen LogP contribution in [0, 0.1) is 5.82 Å². The predicted octanol–water partition coefficient (Wildman–Crippen LogP) is 4.67. The Morgan fingerprint density at radius 3 is 2.73 bits per heavy atom. The molecular weight excluding hydrogens is 383 g/mol. The number of carbonyl (C=O) groups is 1. The molecule has 0 atom stereocenters. The van der Waals surface area contributed by atoms with Crippen LogP contribution in [0.1, 0.15) is 37.7 Å². The van der Waals surface area contributed by atoms with Gasteiger partial charge >= 0.3 is 6.03 Å². The molecule has 1 aliphatic rings. The molecule has 0 aliphatic heterocycles. The fourth-order valence-electron chi connectivity index (χ4n) is 3.90. The van der Waals surface area contributed by atoms with E-state index in [9.17, 15) is 9.18 Å². The van der Waals surface area contributed by atoms with E-state index in [4.69, 9.17) is 4.74 Å². The highest BCUT2D eigenvalue weighted by molar-refractivity contribution is 5.89. The monoisotopic (exact) mass is 414 g/mol. The lowest BCUT2D eigenvalue weighted by molar-refractivity contribution is 0.153. The number of hydrogen-bond donors (Lipinski definition) is 1. The van der Waals surface area contributed by atoms with Crippen molar-refractivity contribution in [3.05, 3.63) is 54.1 Å². The van der Waals surface area contributed by atoms with Crippen LogP contribution >= 0.6 is 0 Å². The molecule has 162 valence electrons. The molecule has 30 heavy (non-hydrogen) atoms. The van der Waals surface area contributed by atoms with Gasteiger partial charge in [-0.25, -0.2) is 9.18 Å². The maximum Gasteiger partial charge on any atom is 0.322 e. The third-order valence-electron chi connectivity index (χ3n) is 5.65. The second-order valence-corrected chi connectivity index (χ2v) is 7.77. The van der Waals surface area contributed by atoms with E-state index in [1.165, 1.54) is 25.3 Å². The Bertz CT molecular complexity index is 812. The van der Waals surface area contributed by atoms with Crippen molar-refractivity contribution in [3.63, 3.8) is 0 Å². The number of pyridine rings is 1. The van der Waals surface area contributed by atoms with Gasteiger partial charge in [-0.2, -0.15) is 0 Å². The molecule has 0 radical (unpaired) electrons. The lowest BCUT2D eigenvalue weighted by atomic mass is 9.94. The third-order valence-corrected chi connectivity index (χ3v) is 5.65. The van der Waals surface area contributed by atoms with Crippen LogP contribution < -0.4 is 10.2 Å². The highest BCUT2D eigenvalue weighted by atomic mass is 19.1. The van der Waals surface area contributed by atoms with Gasteiger partial charge in [0.1, 0.15) is 5.82 Å². The highest BCUT2D eigenvalue weighted by Crippen LogP contribution is 2.29. The average Bonchev–Trinajstić information content (AvgIpc) is 2.77. The molecule has 1 heterocycles. The van der Waals surface area contributed by atoms with Gasteiger partial charge in [0.05, 0.1) is 12.3 Å². The first-order valence-electron chi connectivity index (χ1n) is 10.5. The zero-order valence-corrected chi connectivity index (χ0v) is 17.8. The summed E-state index contributed by atoms with van der Waals surface area (Å²) >= 11 is 0. The summed E-state index contributed by atoms with van der Waals surface area (Å²) in [5.41, 5.74) is 1.93. The maximum absolute atomic E-state index is 14.8. The van der Waals surface area contributed by atoms with Gasteiger partial charge in [-0.05, 0) is 42.7 Å². The molecule has 6 nitrogen and oxygen atoms in total. The number of hydrogen-bond acceptors (Lipinski definition) is 4. The number of halogens is 1. The zero-order valence-electron chi connectivity index (χ0n) is 17.8. The standard InChI is InChI=1S/C23H31FN4O2/c1-27(20-8-4-3-5-9-20)22-11-10-19(15-21(22)24)26-23(29)28(13-14-30-2)17-18-7-6-12-25-16-18/h6-7,10-12,15-16,20H,3-5,8-9,13-14,17H2,1-2H3,(H,26,29). The van der Waals surface area contributed by atoms with Gasteiger partial charge in [-0.1, -0.05) is 25.3 Å². The number of anilines is 2. The average molecular weight is 415 g/mol. The number of rotatable bonds is 8. The van der Waals surface area contributed by atoms with E-state index < -0.39 is 0 Å². The van der Waals surface area contributed by atoms with Crippen molar-refractivity contribution < 1.29 is 13.9 Å². The first-order valence-corrected chi connectivity index (χ1v) is 10.5. The van der Waals surface area contributed by atoms with Gasteiger partial charge < -0.3 is 19.9 Å². The minimum atomic E-state index is -0.323. The molecule has 3 rings (SSSR count). The number of carbonyl (C=O) groups excluding carboxylic acids is 1. The number of benzene rings is 1. The first kappa shape index (κ1) is 22.0. The van der Waals surface area contributed by atoms with Crippen molar-refractivity contribution in [1.29, 1.82) is 0 Å². The first-order chi connectivity index (χ1) is 14.6. The van der Waals surface area contributed by atoms with Crippen molar-refractivity contribution in [2.24, 2.45) is 0 Å². The number of nitrogens with zero attached hydrogens (tertiary/aromatic N) is 3. The summed E-state index contributed by atoms with van der Waals surface area (Å²) in [4.78, 5) is 20.6. The molecule has 7 heteroatoms. The summed E-state index contributed by atoms with van der Waals surface area (Å²) in [6.07, 6.45) is 9.25. The number of nitrogens with one attached hydrogen (secondary N) is 1. The lowest BCUT2D eigenvalue weighted by Gasteiger charge is -2.33. The minimum absolute atomic E-state index is 0.302. The van der Waals surface area contributed by atoms with Gasteiger partial charge in [0.25, 0.3) is 0 Å². The lowest BCUT2D eigenvalue weighted by Crippen LogP contribution is -2.37. The number of ether oxygens (including phenoxy) is 1. The normalized spacial score (nSPS) is 14.4. The van der Waals surface area contributed by atoms with Crippen molar-refractivity contribution in [2.75, 3.05) is 37.5 Å². The van der Waals surface area contributed by atoms with Crippen LogP contribution in [-0.2, 0) is 11.3 Å². The molecule has 0 saturated heterocycles. The Balaban J connectivity index is 1.67. The number of methoxy groups -OCH3 is 1. The molecule has 2 aromatic rings. The summed E-state index contributed by atoms with van der Waals surface area (Å²) in [5, 5.41) is 2.81. The fourth-order valence-corrected chi connectivity index (χ4v) is 3.90. The Morgan fingerprint density at radius 1 is 1.27 bits per heavy atom. The SMILES string of the molecule is COCCN(Cc1cccnc1)C(=O)Nc1ccc(N(C)C2CCCCC2)c(F)c1. The van der Waals surface area contributed by atoms with E-state index in [1.54, 1.807) is 36.5 Å². The van der Waals surface area contributed by atoms with E-state index in [-0.39, 0.29) is 11.8 Å². The van der Waals surface area contributed by atoms with Crippen LogP contribution in [0.25, 0.3) is 0 Å². The Kier molecular flexibility index (Phi) is 8.02. The van der Waals surface area contributed by atoms with Crippen LogP contribution in [-0.4, -0.2) is 49.3 Å². The Morgan fingerprint density at radius 2 is 2.07 bits per heavy atom. The van der Waals surface area contributed by atoms with Gasteiger partial charge in [0.15, 0.2) is 0 Å². The highest BCUT2D eigenvalue weighted by Gasteiger charge is 2.21. The van der Waals surface area contributed by atoms with Crippen molar-refractivity contribution in [2.45, 2.75) is 44.7 Å². The molecule has 1 aromatic carbocycles. The smallest absolute Gasteiger partial charge is 0.322 e. The number of amides is 2. The zero-order chi connectivity index (χ0) is 21.3. The van der Waals surface area contributed by atoms with Crippen molar-refractivity contribution >= 4 is 17.4 Å². The fraction of sp³-hybridized carbons (Fsp3) is 0.478. The molecule has 0 spiro atoms. The second kappa shape index (κ2) is 10.9. The topological polar surface area (TPSA) is 57.7 Å². The van der Waals surface area contributed by atoms with Crippen LogP contribution in [0.4, 0.5) is 20.6 Å². The second-order valence-electron chi connectivity index (χ2n) is 7.77. The summed E-state index contributed by atoms with van der Waals surface area (Å²) in [6.45, 7) is 1.23. The molecule has 1 fully saturated rings. The maximum atomic E-state index is 14.8. The molecule has 1 aromatic heterocycles. The minimum Gasteiger partial charge on any atom is -0.383 e. The van der Waals surface area contributed by atoms with Crippen molar-refractivity contribution in [1.82, 2.24) is 9.88 Å². The molecule has 1 saturated carbocycles. The Hall–Kier alpha value is -2.67. The summed E-state index contributed by atoms with van der Waals surface area (Å²) < 4.78 is 19.9. The molecule has 1 aliphatic carbocycles. The Labute approximate surface area is 178 Å². The predicted molar refractivity (Wildman–Crippen MR) is 117 cm³/mol. The van der Waals surface area contributed by atoms with E-state index >= 15 is 0 Å². The van der Waals surface area contributed by atoms with Crippen LogP contribution in [0.3, 0.4) is 0 Å². The number of urea groups is 1. The quantitative estimate of drug-likeness (QED) is 0.682. The molecule has 2 amide bonds.